The molecule has 0 aliphatic rings. The average molecular weight is 276 g/mol. The van der Waals surface area contributed by atoms with Gasteiger partial charge >= 0.3 is 12.0 Å². The number of thiophene rings is 1. The topological polar surface area (TPSA) is 78.4 Å². The smallest absolute Gasteiger partial charge is 0.336 e. The zero-order valence-electron chi connectivity index (χ0n) is 9.92. The first-order valence-electron chi connectivity index (χ1n) is 5.56. The molecule has 0 aliphatic carbocycles. The van der Waals surface area contributed by atoms with E-state index in [0.717, 1.165) is 5.56 Å². The maximum Gasteiger partial charge on any atom is 0.336 e. The Balaban J connectivity index is 1.85. The fourth-order valence-electron chi connectivity index (χ4n) is 1.45. The van der Waals surface area contributed by atoms with E-state index in [2.05, 4.69) is 10.6 Å². The summed E-state index contributed by atoms with van der Waals surface area (Å²) in [5, 5.41) is 16.0. The molecule has 0 unspecified atom stereocenters. The Morgan fingerprint density at radius 1 is 1.21 bits per heavy atom. The molecule has 19 heavy (non-hydrogen) atoms. The number of benzene rings is 1. The number of amides is 2. The first-order valence-corrected chi connectivity index (χ1v) is 6.44. The third-order valence-electron chi connectivity index (χ3n) is 2.38. The Morgan fingerprint density at radius 3 is 2.58 bits per heavy atom. The molecule has 1 heterocycles. The molecule has 1 aromatic heterocycles. The lowest BCUT2D eigenvalue weighted by molar-refractivity contribution is 0.0697. The summed E-state index contributed by atoms with van der Waals surface area (Å²) >= 11 is 1.18. The van der Waals surface area contributed by atoms with Crippen LogP contribution in [0.1, 0.15) is 15.9 Å². The van der Waals surface area contributed by atoms with Crippen LogP contribution in [0.15, 0.2) is 41.8 Å². The number of hydrogen-bond acceptors (Lipinski definition) is 3. The SMILES string of the molecule is O=C(NCc1ccccc1)Nc1cc(C(=O)O)cs1. The van der Waals surface area contributed by atoms with E-state index in [1.54, 1.807) is 0 Å². The second-order valence-corrected chi connectivity index (χ2v) is 4.71. The predicted molar refractivity (Wildman–Crippen MR) is 73.6 cm³/mol. The summed E-state index contributed by atoms with van der Waals surface area (Å²) < 4.78 is 0. The van der Waals surface area contributed by atoms with Gasteiger partial charge in [-0.1, -0.05) is 30.3 Å². The molecule has 5 nitrogen and oxygen atoms in total. The summed E-state index contributed by atoms with van der Waals surface area (Å²) in [5.74, 6) is -1.01. The van der Waals surface area contributed by atoms with Crippen molar-refractivity contribution in [3.8, 4) is 0 Å². The fraction of sp³-hybridized carbons (Fsp3) is 0.0769. The maximum absolute atomic E-state index is 11.6. The summed E-state index contributed by atoms with van der Waals surface area (Å²) in [7, 11) is 0. The van der Waals surface area contributed by atoms with Gasteiger partial charge in [-0.2, -0.15) is 0 Å². The molecule has 0 saturated carbocycles. The number of carboxylic acids is 1. The molecule has 0 bridgehead atoms. The highest BCUT2D eigenvalue weighted by atomic mass is 32.1. The molecule has 0 atom stereocenters. The molecular formula is C13H12N2O3S. The Kier molecular flexibility index (Phi) is 4.15. The van der Waals surface area contributed by atoms with Crippen LogP contribution in [0.2, 0.25) is 0 Å². The number of aromatic carboxylic acids is 1. The molecule has 0 fully saturated rings. The minimum Gasteiger partial charge on any atom is -0.478 e. The number of carboxylic acid groups (broad SMARTS) is 1. The molecular weight excluding hydrogens is 264 g/mol. The Bertz CT molecular complexity index is 581. The van der Waals surface area contributed by atoms with Crippen molar-refractivity contribution in [2.75, 3.05) is 5.32 Å². The van der Waals surface area contributed by atoms with Crippen LogP contribution >= 0.6 is 11.3 Å². The largest absolute Gasteiger partial charge is 0.478 e. The number of nitrogens with one attached hydrogen (secondary N) is 2. The van der Waals surface area contributed by atoms with Gasteiger partial charge in [0.25, 0.3) is 0 Å². The molecule has 0 spiro atoms. The van der Waals surface area contributed by atoms with Crippen molar-refractivity contribution in [2.24, 2.45) is 0 Å². The number of urea groups is 1. The van der Waals surface area contributed by atoms with Crippen LogP contribution in [-0.2, 0) is 6.54 Å². The summed E-state index contributed by atoms with van der Waals surface area (Å²) in [6.07, 6.45) is 0. The van der Waals surface area contributed by atoms with E-state index in [0.29, 0.717) is 11.5 Å². The van der Waals surface area contributed by atoms with E-state index < -0.39 is 5.97 Å². The highest BCUT2D eigenvalue weighted by molar-refractivity contribution is 7.14. The van der Waals surface area contributed by atoms with Gasteiger partial charge in [0.1, 0.15) is 0 Å². The van der Waals surface area contributed by atoms with E-state index in [4.69, 9.17) is 5.11 Å². The monoisotopic (exact) mass is 276 g/mol. The van der Waals surface area contributed by atoms with Crippen molar-refractivity contribution in [3.05, 3.63) is 52.9 Å². The van der Waals surface area contributed by atoms with Crippen molar-refractivity contribution in [1.82, 2.24) is 5.32 Å². The second-order valence-electron chi connectivity index (χ2n) is 3.80. The quantitative estimate of drug-likeness (QED) is 0.803. The Hall–Kier alpha value is -2.34. The fourth-order valence-corrected chi connectivity index (χ4v) is 2.22. The summed E-state index contributed by atoms with van der Waals surface area (Å²) in [4.78, 5) is 22.3. The van der Waals surface area contributed by atoms with Gasteiger partial charge < -0.3 is 10.4 Å². The van der Waals surface area contributed by atoms with Crippen LogP contribution in [0.3, 0.4) is 0 Å². The highest BCUT2D eigenvalue weighted by Crippen LogP contribution is 2.20. The van der Waals surface area contributed by atoms with Gasteiger partial charge in [0, 0.05) is 11.9 Å². The molecule has 2 aromatic rings. The number of carbonyl (C=O) groups excluding carboxylic acids is 1. The molecule has 0 aliphatic heterocycles. The van der Waals surface area contributed by atoms with Gasteiger partial charge in [0.05, 0.1) is 10.6 Å². The van der Waals surface area contributed by atoms with Crippen LogP contribution in [0.25, 0.3) is 0 Å². The van der Waals surface area contributed by atoms with Crippen molar-refractivity contribution in [2.45, 2.75) is 6.54 Å². The normalized spacial score (nSPS) is 9.89. The van der Waals surface area contributed by atoms with E-state index in [1.807, 2.05) is 30.3 Å². The molecule has 98 valence electrons. The van der Waals surface area contributed by atoms with Crippen LogP contribution in [-0.4, -0.2) is 17.1 Å². The average Bonchev–Trinajstić information content (AvgIpc) is 2.86. The van der Waals surface area contributed by atoms with Crippen LogP contribution < -0.4 is 10.6 Å². The molecule has 0 radical (unpaired) electrons. The van der Waals surface area contributed by atoms with Crippen molar-refractivity contribution < 1.29 is 14.7 Å². The van der Waals surface area contributed by atoms with Crippen LogP contribution in [0.4, 0.5) is 9.80 Å². The van der Waals surface area contributed by atoms with Crippen LogP contribution in [0.5, 0.6) is 0 Å². The number of carbonyl (C=O) groups is 2. The van der Waals surface area contributed by atoms with Crippen molar-refractivity contribution in [1.29, 1.82) is 0 Å². The van der Waals surface area contributed by atoms with Gasteiger partial charge in [-0.15, -0.1) is 11.3 Å². The molecule has 3 N–H and O–H groups in total. The summed E-state index contributed by atoms with van der Waals surface area (Å²) in [6.45, 7) is 0.420. The van der Waals surface area contributed by atoms with E-state index in [1.165, 1.54) is 22.8 Å². The molecule has 2 amide bonds. The Labute approximate surface area is 113 Å². The standard InChI is InChI=1S/C13H12N2O3S/c16-12(17)10-6-11(19-8-10)15-13(18)14-7-9-4-2-1-3-5-9/h1-6,8H,7H2,(H,16,17)(H2,14,15,18). The zero-order chi connectivity index (χ0) is 13.7. The second kappa shape index (κ2) is 6.01. The summed E-state index contributed by atoms with van der Waals surface area (Å²) in [5.41, 5.74) is 1.17. The van der Waals surface area contributed by atoms with Crippen molar-refractivity contribution >= 4 is 28.3 Å². The van der Waals surface area contributed by atoms with Gasteiger partial charge in [-0.3, -0.25) is 5.32 Å². The Morgan fingerprint density at radius 2 is 1.95 bits per heavy atom. The summed E-state index contributed by atoms with van der Waals surface area (Å²) in [6, 6.07) is 10.6. The van der Waals surface area contributed by atoms with Crippen LogP contribution in [0, 0.1) is 0 Å². The lowest BCUT2D eigenvalue weighted by Crippen LogP contribution is -2.27. The van der Waals surface area contributed by atoms with E-state index >= 15 is 0 Å². The number of anilines is 1. The number of rotatable bonds is 4. The molecule has 6 heteroatoms. The highest BCUT2D eigenvalue weighted by Gasteiger charge is 2.08. The third-order valence-corrected chi connectivity index (χ3v) is 3.22. The first-order chi connectivity index (χ1) is 9.15. The molecule has 0 saturated heterocycles. The molecule has 2 rings (SSSR count). The lowest BCUT2D eigenvalue weighted by atomic mass is 10.2. The lowest BCUT2D eigenvalue weighted by Gasteiger charge is -2.05. The van der Waals surface area contributed by atoms with E-state index in [-0.39, 0.29) is 11.6 Å². The van der Waals surface area contributed by atoms with Gasteiger partial charge in [-0.25, -0.2) is 9.59 Å². The first kappa shape index (κ1) is 13.1. The van der Waals surface area contributed by atoms with Gasteiger partial charge in [0.15, 0.2) is 0 Å². The number of hydrogen-bond donors (Lipinski definition) is 3. The van der Waals surface area contributed by atoms with E-state index in [9.17, 15) is 9.59 Å². The molecule has 1 aromatic carbocycles. The zero-order valence-corrected chi connectivity index (χ0v) is 10.7. The maximum atomic E-state index is 11.6. The minimum absolute atomic E-state index is 0.170. The predicted octanol–water partition coefficient (Wildman–Crippen LogP) is 2.77. The van der Waals surface area contributed by atoms with Gasteiger partial charge in [0.2, 0.25) is 0 Å². The minimum atomic E-state index is -1.01. The van der Waals surface area contributed by atoms with Crippen molar-refractivity contribution in [3.63, 3.8) is 0 Å². The van der Waals surface area contributed by atoms with Gasteiger partial charge in [-0.05, 0) is 11.6 Å². The third kappa shape index (κ3) is 3.82.